The van der Waals surface area contributed by atoms with Crippen molar-refractivity contribution in [1.29, 1.82) is 0 Å². The van der Waals surface area contributed by atoms with Crippen LogP contribution in [0, 0.1) is 0 Å². The van der Waals surface area contributed by atoms with E-state index < -0.39 is 40.6 Å². The van der Waals surface area contributed by atoms with Gasteiger partial charge < -0.3 is 18.9 Å². The molecule has 0 spiro atoms. The number of nitrogens with zero attached hydrogens (tertiary/aromatic N) is 1. The second kappa shape index (κ2) is 12.9. The third kappa shape index (κ3) is 9.31. The molecule has 2 aromatic carbocycles. The first-order chi connectivity index (χ1) is 17.3. The molecule has 0 radical (unpaired) electrons. The standard InChI is InChI=1S/C28H37NO7S/c1-27(2,3)35-25(31)29(26(32)36-28(4,5)6)22(24(30)34-8)23(20-12-10-9-11-13-20)37-18-19-14-16-21(33-7)17-15-19/h9-17,22-23H,18H2,1-8H3. The number of amides is 2. The van der Waals surface area contributed by atoms with Crippen molar-refractivity contribution >= 4 is 29.9 Å². The first-order valence-electron chi connectivity index (χ1n) is 11.9. The zero-order valence-corrected chi connectivity index (χ0v) is 23.6. The third-order valence-electron chi connectivity index (χ3n) is 4.90. The maximum atomic E-state index is 13.4. The summed E-state index contributed by atoms with van der Waals surface area (Å²) in [6.45, 7) is 10.1. The quantitative estimate of drug-likeness (QED) is 0.286. The lowest BCUT2D eigenvalue weighted by Gasteiger charge is -2.35. The Labute approximate surface area is 223 Å². The topological polar surface area (TPSA) is 91.4 Å². The van der Waals surface area contributed by atoms with Crippen molar-refractivity contribution in [2.75, 3.05) is 14.2 Å². The molecule has 0 aliphatic heterocycles. The van der Waals surface area contributed by atoms with Crippen LogP contribution >= 0.6 is 11.8 Å². The van der Waals surface area contributed by atoms with Gasteiger partial charge in [-0.05, 0) is 64.8 Å². The minimum Gasteiger partial charge on any atom is -0.497 e. The van der Waals surface area contributed by atoms with Crippen LogP contribution in [0.5, 0.6) is 5.75 Å². The van der Waals surface area contributed by atoms with Crippen LogP contribution in [0.4, 0.5) is 9.59 Å². The fourth-order valence-corrected chi connectivity index (χ4v) is 4.66. The van der Waals surface area contributed by atoms with Crippen molar-refractivity contribution in [2.45, 2.75) is 69.8 Å². The van der Waals surface area contributed by atoms with Gasteiger partial charge in [0.15, 0.2) is 6.04 Å². The minimum atomic E-state index is -1.36. The number of rotatable bonds is 8. The predicted octanol–water partition coefficient (Wildman–Crippen LogP) is 6.38. The molecule has 0 saturated carbocycles. The summed E-state index contributed by atoms with van der Waals surface area (Å²) < 4.78 is 21.4. The Bertz CT molecular complexity index is 1010. The summed E-state index contributed by atoms with van der Waals surface area (Å²) in [6.07, 6.45) is -1.99. The highest BCUT2D eigenvalue weighted by Crippen LogP contribution is 2.39. The van der Waals surface area contributed by atoms with E-state index >= 15 is 0 Å². The van der Waals surface area contributed by atoms with Crippen LogP contribution in [0.15, 0.2) is 54.6 Å². The number of hydrogen-bond acceptors (Lipinski definition) is 8. The van der Waals surface area contributed by atoms with Gasteiger partial charge in [0.25, 0.3) is 0 Å². The molecule has 2 atom stereocenters. The second-order valence-corrected chi connectivity index (χ2v) is 11.4. The molecule has 0 bridgehead atoms. The van der Waals surface area contributed by atoms with Gasteiger partial charge in [-0.15, -0.1) is 11.8 Å². The molecular formula is C28H37NO7S. The first-order valence-corrected chi connectivity index (χ1v) is 12.9. The largest absolute Gasteiger partial charge is 0.497 e. The van der Waals surface area contributed by atoms with Crippen LogP contribution in [-0.2, 0) is 24.8 Å². The van der Waals surface area contributed by atoms with Crippen molar-refractivity contribution < 1.29 is 33.3 Å². The number of hydrogen-bond donors (Lipinski definition) is 0. The van der Waals surface area contributed by atoms with E-state index in [4.69, 9.17) is 18.9 Å². The number of ether oxygens (including phenoxy) is 4. The highest BCUT2D eigenvalue weighted by Gasteiger charge is 2.46. The Morgan fingerprint density at radius 2 is 1.32 bits per heavy atom. The van der Waals surface area contributed by atoms with Crippen molar-refractivity contribution in [3.05, 3.63) is 65.7 Å². The maximum Gasteiger partial charge on any atom is 0.420 e. The van der Waals surface area contributed by atoms with Crippen LogP contribution < -0.4 is 4.74 Å². The summed E-state index contributed by atoms with van der Waals surface area (Å²) in [5.41, 5.74) is -0.141. The van der Waals surface area contributed by atoms with Crippen LogP contribution in [0.2, 0.25) is 0 Å². The Balaban J connectivity index is 2.58. The fraction of sp³-hybridized carbons (Fsp3) is 0.464. The summed E-state index contributed by atoms with van der Waals surface area (Å²) in [6, 6.07) is 15.3. The Morgan fingerprint density at radius 1 is 0.811 bits per heavy atom. The molecule has 0 aromatic heterocycles. The molecule has 9 heteroatoms. The smallest absolute Gasteiger partial charge is 0.420 e. The van der Waals surface area contributed by atoms with E-state index in [0.29, 0.717) is 5.75 Å². The number of carbonyl (C=O) groups excluding carboxylic acids is 3. The van der Waals surface area contributed by atoms with Gasteiger partial charge >= 0.3 is 18.2 Å². The van der Waals surface area contributed by atoms with Crippen LogP contribution in [0.1, 0.15) is 57.9 Å². The zero-order chi connectivity index (χ0) is 27.8. The lowest BCUT2D eigenvalue weighted by atomic mass is 10.0. The van der Waals surface area contributed by atoms with Gasteiger partial charge in [0.05, 0.1) is 19.5 Å². The van der Waals surface area contributed by atoms with Gasteiger partial charge in [-0.3, -0.25) is 0 Å². The molecule has 0 fully saturated rings. The zero-order valence-electron chi connectivity index (χ0n) is 22.8. The Kier molecular flexibility index (Phi) is 10.4. The molecule has 8 nitrogen and oxygen atoms in total. The summed E-state index contributed by atoms with van der Waals surface area (Å²) in [7, 11) is 2.81. The van der Waals surface area contributed by atoms with Gasteiger partial charge in [-0.1, -0.05) is 42.5 Å². The van der Waals surface area contributed by atoms with Crippen molar-refractivity contribution in [3.8, 4) is 5.75 Å². The molecule has 0 saturated heterocycles. The number of imide groups is 1. The summed E-state index contributed by atoms with van der Waals surface area (Å²) in [4.78, 5) is 40.8. The van der Waals surface area contributed by atoms with E-state index in [2.05, 4.69) is 0 Å². The SMILES string of the molecule is COC(=O)C(C(SCc1ccc(OC)cc1)c1ccccc1)N(C(=O)OC(C)(C)C)C(=O)OC(C)(C)C. The highest BCUT2D eigenvalue weighted by molar-refractivity contribution is 7.98. The normalized spacial score (nSPS) is 13.2. The highest BCUT2D eigenvalue weighted by atomic mass is 32.2. The molecule has 202 valence electrons. The van der Waals surface area contributed by atoms with Gasteiger partial charge in [0.1, 0.15) is 17.0 Å². The van der Waals surface area contributed by atoms with Gasteiger partial charge in [0, 0.05) is 5.75 Å². The molecule has 2 aromatic rings. The van der Waals surface area contributed by atoms with Crippen molar-refractivity contribution in [2.24, 2.45) is 0 Å². The van der Waals surface area contributed by atoms with Crippen molar-refractivity contribution in [3.63, 3.8) is 0 Å². The lowest BCUT2D eigenvalue weighted by molar-refractivity contribution is -0.146. The summed E-state index contributed by atoms with van der Waals surface area (Å²) >= 11 is 1.39. The summed E-state index contributed by atoms with van der Waals surface area (Å²) in [5.74, 6) is 0.433. The number of esters is 1. The molecular weight excluding hydrogens is 494 g/mol. The molecule has 0 aliphatic carbocycles. The molecule has 2 amide bonds. The van der Waals surface area contributed by atoms with E-state index in [1.807, 2.05) is 54.6 Å². The van der Waals surface area contributed by atoms with Crippen molar-refractivity contribution in [1.82, 2.24) is 4.90 Å². The van der Waals surface area contributed by atoms with Gasteiger partial charge in [0.2, 0.25) is 0 Å². The van der Waals surface area contributed by atoms with E-state index in [9.17, 15) is 14.4 Å². The molecule has 0 aliphatic rings. The molecule has 37 heavy (non-hydrogen) atoms. The van der Waals surface area contributed by atoms with E-state index in [1.54, 1.807) is 48.7 Å². The average molecular weight is 532 g/mol. The fourth-order valence-electron chi connectivity index (χ4n) is 3.33. The first kappa shape index (κ1) is 30.0. The van der Waals surface area contributed by atoms with Gasteiger partial charge in [-0.25, -0.2) is 14.4 Å². The minimum absolute atomic E-state index is 0.480. The average Bonchev–Trinajstić information content (AvgIpc) is 2.81. The second-order valence-electron chi connectivity index (χ2n) is 10.3. The monoisotopic (exact) mass is 531 g/mol. The third-order valence-corrected chi connectivity index (χ3v) is 6.29. The number of carbonyl (C=O) groups is 3. The Morgan fingerprint density at radius 3 is 1.76 bits per heavy atom. The number of thioether (sulfide) groups is 1. The molecule has 0 heterocycles. The van der Waals surface area contributed by atoms with Crippen LogP contribution in [0.25, 0.3) is 0 Å². The number of benzene rings is 2. The Hall–Kier alpha value is -3.20. The van der Waals surface area contributed by atoms with E-state index in [1.165, 1.54) is 18.9 Å². The molecule has 0 N–H and O–H groups in total. The number of methoxy groups -OCH3 is 2. The predicted molar refractivity (Wildman–Crippen MR) is 144 cm³/mol. The summed E-state index contributed by atoms with van der Waals surface area (Å²) in [5, 5.41) is -0.684. The van der Waals surface area contributed by atoms with E-state index in [-0.39, 0.29) is 0 Å². The van der Waals surface area contributed by atoms with Crippen LogP contribution in [0.3, 0.4) is 0 Å². The lowest BCUT2D eigenvalue weighted by Crippen LogP contribution is -2.54. The van der Waals surface area contributed by atoms with Crippen LogP contribution in [-0.4, -0.2) is 54.5 Å². The van der Waals surface area contributed by atoms with Gasteiger partial charge in [-0.2, -0.15) is 4.90 Å². The van der Waals surface area contributed by atoms with E-state index in [0.717, 1.165) is 21.8 Å². The molecule has 2 unspecified atom stereocenters. The maximum absolute atomic E-state index is 13.4. The molecule has 2 rings (SSSR count).